The average molecular weight is 794 g/mol. The van der Waals surface area contributed by atoms with Gasteiger partial charge in [0.15, 0.2) is 22.6 Å². The highest BCUT2D eigenvalue weighted by Gasteiger charge is 2.29. The Balaban J connectivity index is 1.21. The number of aryl methyl sites for hydroxylation is 3. The van der Waals surface area contributed by atoms with Gasteiger partial charge in [-0.1, -0.05) is 60.1 Å². The van der Waals surface area contributed by atoms with E-state index in [0.717, 1.165) is 53.1 Å². The summed E-state index contributed by atoms with van der Waals surface area (Å²) in [5.74, 6) is -1.06. The number of hydrogen-bond acceptors (Lipinski definition) is 13. The number of aliphatic hydroxyl groups is 5. The number of guanidine groups is 1. The maximum absolute atomic E-state index is 13.1. The van der Waals surface area contributed by atoms with Crippen LogP contribution in [0.15, 0.2) is 65.7 Å². The lowest BCUT2D eigenvalue weighted by Gasteiger charge is -2.25. The summed E-state index contributed by atoms with van der Waals surface area (Å²) < 4.78 is 0. The molecule has 0 aliphatic carbocycles. The number of aliphatic imine (C=N–C) groups is 1. The van der Waals surface area contributed by atoms with Crippen molar-refractivity contribution in [1.82, 2.24) is 20.6 Å². The van der Waals surface area contributed by atoms with E-state index in [4.69, 9.17) is 33.9 Å². The number of aliphatic hydroxyl groups excluding tert-OH is 5. The van der Waals surface area contributed by atoms with Crippen molar-refractivity contribution in [2.24, 2.45) is 16.5 Å². The third-order valence-corrected chi connectivity index (χ3v) is 9.59. The lowest BCUT2D eigenvalue weighted by Crippen LogP contribution is -2.49. The fraction of sp³-hybridized carbons (Fsp3) is 0.410. The first-order chi connectivity index (χ1) is 26.8. The molecule has 302 valence electrons. The van der Waals surface area contributed by atoms with Crippen LogP contribution >= 0.6 is 11.6 Å². The minimum Gasteiger partial charge on any atom is -0.394 e. The highest BCUT2D eigenvalue weighted by molar-refractivity contribution is 6.30. The van der Waals surface area contributed by atoms with E-state index in [0.29, 0.717) is 37.3 Å². The quantitative estimate of drug-likeness (QED) is 0.0334. The number of nitrogens with zero attached hydrogens (tertiary/aromatic N) is 3. The lowest BCUT2D eigenvalue weighted by molar-refractivity contribution is -0.117. The van der Waals surface area contributed by atoms with Gasteiger partial charge in [0.25, 0.3) is 5.91 Å². The van der Waals surface area contributed by atoms with Crippen LogP contribution in [0.3, 0.4) is 0 Å². The van der Waals surface area contributed by atoms with Crippen LogP contribution in [0.1, 0.15) is 52.1 Å². The number of benzene rings is 3. The summed E-state index contributed by atoms with van der Waals surface area (Å²) in [5.41, 5.74) is 22.2. The van der Waals surface area contributed by atoms with Crippen molar-refractivity contribution < 1.29 is 35.1 Å². The summed E-state index contributed by atoms with van der Waals surface area (Å²) in [7, 11) is 0. The van der Waals surface area contributed by atoms with Gasteiger partial charge >= 0.3 is 0 Å². The fourth-order valence-corrected chi connectivity index (χ4v) is 6.14. The first-order valence-electron chi connectivity index (χ1n) is 18.4. The van der Waals surface area contributed by atoms with Crippen LogP contribution in [0, 0.1) is 6.92 Å². The highest BCUT2D eigenvalue weighted by atomic mass is 35.5. The standard InChI is InChI=1S/C39H52ClN9O7/c1-22-35(40)48-32(36(42)46-22)38(56)49-39(43)45-18-5-4-8-24-13-14-25(28-10-3-2-9-27(24)28)19-29(41)37(55)47-26-15-11-23(12-16-26)7-6-17-44-20-30(51)33(53)34(54)31(52)21-50/h2-3,9-16,29-31,33-34,44,50-54H,4-8,17-21,41H2,1H3,(H2,42,46)(H,47,55)(H3,43,45,49,56)/t29-,30-,31+,33+,34+/m0/s1. The van der Waals surface area contributed by atoms with Gasteiger partial charge in [0.1, 0.15) is 18.3 Å². The molecule has 0 unspecified atom stereocenters. The molecule has 0 radical (unpaired) electrons. The smallest absolute Gasteiger partial charge is 0.280 e. The van der Waals surface area contributed by atoms with Crippen molar-refractivity contribution in [3.05, 3.63) is 93.9 Å². The zero-order chi connectivity index (χ0) is 40.8. The van der Waals surface area contributed by atoms with Gasteiger partial charge in [-0.05, 0) is 91.6 Å². The minimum atomic E-state index is -1.66. The molecule has 14 N–H and O–H groups in total. The maximum Gasteiger partial charge on any atom is 0.280 e. The van der Waals surface area contributed by atoms with E-state index in [1.54, 1.807) is 6.92 Å². The van der Waals surface area contributed by atoms with Crippen LogP contribution in [0.2, 0.25) is 5.15 Å². The van der Waals surface area contributed by atoms with Gasteiger partial charge < -0.3 is 53.4 Å². The number of anilines is 2. The number of nitrogen functional groups attached to an aromatic ring is 1. The molecule has 0 bridgehead atoms. The van der Waals surface area contributed by atoms with Gasteiger partial charge in [0.2, 0.25) is 5.91 Å². The van der Waals surface area contributed by atoms with Gasteiger partial charge in [0, 0.05) is 18.8 Å². The number of aromatic nitrogens is 2. The molecule has 5 atom stereocenters. The summed E-state index contributed by atoms with van der Waals surface area (Å²) >= 11 is 5.97. The van der Waals surface area contributed by atoms with Crippen LogP contribution in [0.5, 0.6) is 0 Å². The van der Waals surface area contributed by atoms with Crippen molar-refractivity contribution >= 4 is 51.7 Å². The molecule has 4 aromatic rings. The van der Waals surface area contributed by atoms with Crippen molar-refractivity contribution in [1.29, 1.82) is 0 Å². The van der Waals surface area contributed by atoms with E-state index in [1.807, 2.05) is 48.5 Å². The van der Waals surface area contributed by atoms with Crippen LogP contribution in [-0.2, 0) is 24.1 Å². The number of nitrogens with one attached hydrogen (secondary N) is 3. The first kappa shape index (κ1) is 43.9. The normalized spacial score (nSPS) is 14.5. The lowest BCUT2D eigenvalue weighted by atomic mass is 9.93. The number of hydrogen-bond donors (Lipinski definition) is 11. The molecule has 1 heterocycles. The van der Waals surface area contributed by atoms with Gasteiger partial charge in [-0.25, -0.2) is 9.97 Å². The van der Waals surface area contributed by atoms with Crippen LogP contribution in [0.4, 0.5) is 11.5 Å². The van der Waals surface area contributed by atoms with E-state index in [2.05, 4.69) is 43.0 Å². The van der Waals surface area contributed by atoms with Crippen molar-refractivity contribution in [3.8, 4) is 0 Å². The average Bonchev–Trinajstić information content (AvgIpc) is 3.19. The molecule has 0 aliphatic rings. The van der Waals surface area contributed by atoms with Gasteiger partial charge in [0.05, 0.1) is 24.4 Å². The zero-order valence-corrected chi connectivity index (χ0v) is 32.0. The number of unbranched alkanes of at least 4 members (excludes halogenated alkanes) is 1. The molecule has 4 rings (SSSR count). The molecule has 0 fully saturated rings. The minimum absolute atomic E-state index is 0.000296. The molecule has 0 saturated heterocycles. The summed E-state index contributed by atoms with van der Waals surface area (Å²) in [5, 5.41) is 58.5. The van der Waals surface area contributed by atoms with Crippen LogP contribution < -0.4 is 33.2 Å². The van der Waals surface area contributed by atoms with Gasteiger partial charge in [-0.3, -0.25) is 19.9 Å². The Hall–Kier alpha value is -4.78. The van der Waals surface area contributed by atoms with Crippen molar-refractivity contribution in [2.45, 2.75) is 75.9 Å². The molecule has 16 nitrogen and oxygen atoms in total. The number of carbonyl (C=O) groups excluding carboxylic acids is 2. The molecule has 2 amide bonds. The molecule has 1 aromatic heterocycles. The van der Waals surface area contributed by atoms with Crippen molar-refractivity contribution in [3.63, 3.8) is 0 Å². The summed E-state index contributed by atoms with van der Waals surface area (Å²) in [6, 6.07) is 18.8. The fourth-order valence-electron chi connectivity index (χ4n) is 6.02. The zero-order valence-electron chi connectivity index (χ0n) is 31.2. The molecular weight excluding hydrogens is 742 g/mol. The van der Waals surface area contributed by atoms with E-state index in [-0.39, 0.29) is 35.1 Å². The Kier molecular flexibility index (Phi) is 16.9. The number of fused-ring (bicyclic) bond motifs is 1. The Morgan fingerprint density at radius 3 is 2.23 bits per heavy atom. The summed E-state index contributed by atoms with van der Waals surface area (Å²) in [6.07, 6.45) is -2.02. The molecule has 3 aromatic carbocycles. The molecule has 17 heteroatoms. The second kappa shape index (κ2) is 21.5. The van der Waals surface area contributed by atoms with Crippen molar-refractivity contribution in [2.75, 3.05) is 37.3 Å². The number of halogens is 1. The Bertz CT molecular complexity index is 1950. The molecular formula is C39H52ClN9O7. The number of carbonyl (C=O) groups is 2. The van der Waals surface area contributed by atoms with Crippen LogP contribution in [-0.4, -0.2) is 110 Å². The Labute approximate surface area is 330 Å². The summed E-state index contributed by atoms with van der Waals surface area (Å²) in [4.78, 5) is 37.8. The molecule has 0 spiro atoms. The second-order valence-corrected chi connectivity index (χ2v) is 13.9. The van der Waals surface area contributed by atoms with Gasteiger partial charge in [-0.2, -0.15) is 0 Å². The van der Waals surface area contributed by atoms with E-state index >= 15 is 0 Å². The first-order valence-corrected chi connectivity index (χ1v) is 18.8. The Morgan fingerprint density at radius 2 is 1.54 bits per heavy atom. The van der Waals surface area contributed by atoms with Crippen LogP contribution in [0.25, 0.3) is 10.8 Å². The second-order valence-electron chi connectivity index (χ2n) is 13.5. The molecule has 0 saturated carbocycles. The number of nitrogens with two attached hydrogens (primary N) is 3. The van der Waals surface area contributed by atoms with Gasteiger partial charge in [-0.15, -0.1) is 0 Å². The van der Waals surface area contributed by atoms with E-state index < -0.39 is 43.0 Å². The SMILES string of the molecule is Cc1nc(N)c(C(=O)NC(N)=NCCCCc2ccc(C[C@H](N)C(=O)Nc3ccc(CCCNC[C@H](O)[C@@H](O)[C@H](O)[C@H](O)CO)cc3)c3ccccc23)nc1Cl. The topological polar surface area (TPSA) is 288 Å². The van der Waals surface area contributed by atoms with E-state index in [1.165, 1.54) is 0 Å². The predicted molar refractivity (Wildman–Crippen MR) is 216 cm³/mol. The number of rotatable bonds is 20. The monoisotopic (exact) mass is 793 g/mol. The number of amides is 2. The van der Waals surface area contributed by atoms with E-state index in [9.17, 15) is 30.0 Å². The summed E-state index contributed by atoms with van der Waals surface area (Å²) in [6.45, 7) is 1.82. The molecule has 56 heavy (non-hydrogen) atoms. The third-order valence-electron chi connectivity index (χ3n) is 9.23. The highest BCUT2D eigenvalue weighted by Crippen LogP contribution is 2.25. The third kappa shape index (κ3) is 12.6. The maximum atomic E-state index is 13.1. The largest absolute Gasteiger partial charge is 0.394 e. The predicted octanol–water partition coefficient (Wildman–Crippen LogP) is 0.708. The molecule has 0 aliphatic heterocycles. The Morgan fingerprint density at radius 1 is 0.875 bits per heavy atom.